The lowest BCUT2D eigenvalue weighted by Gasteiger charge is -2.54. The number of β-lactam (4-membered cyclic amide) rings is 1. The number of carbonyl (C=O) groups excluding carboxylic acids is 3. The summed E-state index contributed by atoms with van der Waals surface area (Å²) < 4.78 is 22.8. The molecule has 2 saturated heterocycles. The molecule has 0 saturated carbocycles. The van der Waals surface area contributed by atoms with Gasteiger partial charge in [0.25, 0.3) is 17.4 Å². The Balaban J connectivity index is 1.72. The number of nitrogens with zero attached hydrogens (tertiary/aromatic N) is 1. The molecule has 0 bridgehead atoms. The monoisotopic (exact) mass is 506 g/mol. The van der Waals surface area contributed by atoms with Gasteiger partial charge in [0.1, 0.15) is 17.9 Å². The average Bonchev–Trinajstić information content (AvgIpc) is 3.26. The van der Waals surface area contributed by atoms with Gasteiger partial charge in [0.15, 0.2) is 5.79 Å². The molecule has 9 heteroatoms. The van der Waals surface area contributed by atoms with Crippen LogP contribution in [0.3, 0.4) is 0 Å². The van der Waals surface area contributed by atoms with Crippen LogP contribution < -0.4 is 15.0 Å². The maximum Gasteiger partial charge on any atom is 0.308 e. The summed E-state index contributed by atoms with van der Waals surface area (Å²) in [5.74, 6) is -0.147. The highest BCUT2D eigenvalue weighted by Gasteiger charge is 2.72. The topological polar surface area (TPSA) is 103 Å². The minimum Gasteiger partial charge on any atom is -0.497 e. The number of hydrogen-bond donors (Lipinski definition) is 1. The first-order chi connectivity index (χ1) is 17.7. The molecule has 0 unspecified atom stereocenters. The number of hydrogen-bond acceptors (Lipinski definition) is 7. The van der Waals surface area contributed by atoms with Gasteiger partial charge in [-0.05, 0) is 43.7 Å². The molecule has 0 radical (unpaired) electrons. The van der Waals surface area contributed by atoms with Crippen molar-refractivity contribution in [1.29, 1.82) is 0 Å². The van der Waals surface area contributed by atoms with E-state index < -0.39 is 41.3 Å². The number of ether oxygens (including phenoxy) is 4. The minimum absolute atomic E-state index is 0.0905. The summed E-state index contributed by atoms with van der Waals surface area (Å²) >= 11 is 0. The summed E-state index contributed by atoms with van der Waals surface area (Å²) in [5.41, 5.74) is -0.841. The van der Waals surface area contributed by atoms with E-state index in [9.17, 15) is 14.4 Å². The Morgan fingerprint density at radius 1 is 1.16 bits per heavy atom. The molecule has 1 N–H and O–H groups in total. The Labute approximate surface area is 216 Å². The van der Waals surface area contributed by atoms with Crippen LogP contribution in [0.25, 0.3) is 0 Å². The molecule has 4 rings (SSSR count). The van der Waals surface area contributed by atoms with E-state index in [4.69, 9.17) is 25.4 Å². The Kier molecular flexibility index (Phi) is 7.52. The van der Waals surface area contributed by atoms with Crippen molar-refractivity contribution >= 4 is 23.5 Å². The van der Waals surface area contributed by atoms with Gasteiger partial charge in [0.05, 0.1) is 20.1 Å². The number of terminal acetylenes is 1. The number of nitrogens with one attached hydrogen (secondary N) is 1. The maximum absolute atomic E-state index is 13.8. The van der Waals surface area contributed by atoms with Gasteiger partial charge in [0, 0.05) is 18.7 Å². The molecule has 0 spiro atoms. The number of rotatable bonds is 9. The largest absolute Gasteiger partial charge is 0.497 e. The van der Waals surface area contributed by atoms with E-state index in [1.807, 2.05) is 30.3 Å². The lowest BCUT2D eigenvalue weighted by Crippen LogP contribution is -2.83. The van der Waals surface area contributed by atoms with Crippen LogP contribution in [0, 0.1) is 12.3 Å². The number of benzene rings is 2. The molecule has 0 aliphatic carbocycles. The fourth-order valence-corrected chi connectivity index (χ4v) is 4.56. The third-order valence-electron chi connectivity index (χ3n) is 6.35. The Morgan fingerprint density at radius 2 is 1.86 bits per heavy atom. The summed E-state index contributed by atoms with van der Waals surface area (Å²) in [6, 6.07) is 15.0. The molecule has 2 aromatic carbocycles. The van der Waals surface area contributed by atoms with E-state index in [0.29, 0.717) is 11.4 Å². The van der Waals surface area contributed by atoms with Gasteiger partial charge in [-0.3, -0.25) is 19.3 Å². The molecule has 2 aliphatic rings. The van der Waals surface area contributed by atoms with Crippen LogP contribution in [0.4, 0.5) is 5.69 Å². The van der Waals surface area contributed by atoms with Crippen molar-refractivity contribution in [1.82, 2.24) is 5.32 Å². The van der Waals surface area contributed by atoms with Gasteiger partial charge in [0.2, 0.25) is 0 Å². The highest BCUT2D eigenvalue weighted by atomic mass is 16.7. The first-order valence-corrected chi connectivity index (χ1v) is 12.0. The van der Waals surface area contributed by atoms with E-state index in [1.54, 1.807) is 38.1 Å². The molecule has 2 aliphatic heterocycles. The van der Waals surface area contributed by atoms with Crippen molar-refractivity contribution in [3.05, 3.63) is 60.2 Å². The number of methoxy groups -OCH3 is 1. The van der Waals surface area contributed by atoms with Crippen molar-refractivity contribution in [2.24, 2.45) is 0 Å². The number of carbonyl (C=O) groups is 3. The molecule has 3 atom stereocenters. The van der Waals surface area contributed by atoms with Crippen LogP contribution in [-0.4, -0.2) is 55.0 Å². The Morgan fingerprint density at radius 3 is 2.46 bits per heavy atom. The van der Waals surface area contributed by atoms with Gasteiger partial charge in [-0.2, -0.15) is 0 Å². The third-order valence-corrected chi connectivity index (χ3v) is 6.35. The highest BCUT2D eigenvalue weighted by molar-refractivity contribution is 6.23. The van der Waals surface area contributed by atoms with Gasteiger partial charge >= 0.3 is 5.97 Å². The van der Waals surface area contributed by atoms with E-state index in [2.05, 4.69) is 11.2 Å². The SMILES string of the molecule is C#CCCC(=O)O[C@@]1(C(=O)NCc2ccccc2)C(=O)N(c2ccc(OC)cc2)[C@H]1[C@H]1COC(C)(C)O1. The van der Waals surface area contributed by atoms with Gasteiger partial charge in [-0.1, -0.05) is 30.3 Å². The minimum atomic E-state index is -2.16. The first-order valence-electron chi connectivity index (χ1n) is 12.0. The summed E-state index contributed by atoms with van der Waals surface area (Å²) in [6.45, 7) is 3.70. The first kappa shape index (κ1) is 26.2. The fraction of sp³-hybridized carbons (Fsp3) is 0.393. The summed E-state index contributed by atoms with van der Waals surface area (Å²) in [7, 11) is 1.54. The fourth-order valence-electron chi connectivity index (χ4n) is 4.56. The quantitative estimate of drug-likeness (QED) is 0.241. The van der Waals surface area contributed by atoms with E-state index in [1.165, 1.54) is 12.0 Å². The second-order valence-corrected chi connectivity index (χ2v) is 9.27. The lowest BCUT2D eigenvalue weighted by molar-refractivity contribution is -0.196. The molecule has 2 aromatic rings. The van der Waals surface area contributed by atoms with Gasteiger partial charge < -0.3 is 24.3 Å². The molecule has 2 heterocycles. The van der Waals surface area contributed by atoms with E-state index in [0.717, 1.165) is 5.56 Å². The molecule has 37 heavy (non-hydrogen) atoms. The second-order valence-electron chi connectivity index (χ2n) is 9.27. The van der Waals surface area contributed by atoms with Crippen LogP contribution in [0.2, 0.25) is 0 Å². The van der Waals surface area contributed by atoms with Crippen LogP contribution in [0.5, 0.6) is 5.75 Å². The third kappa shape index (κ3) is 5.17. The molecule has 2 fully saturated rings. The average molecular weight is 507 g/mol. The van der Waals surface area contributed by atoms with Crippen molar-refractivity contribution < 1.29 is 33.3 Å². The van der Waals surface area contributed by atoms with Crippen molar-refractivity contribution in [3.8, 4) is 18.1 Å². The molecular formula is C28H30N2O7. The van der Waals surface area contributed by atoms with Crippen LogP contribution >= 0.6 is 0 Å². The Hall–Kier alpha value is -3.87. The maximum atomic E-state index is 13.8. The summed E-state index contributed by atoms with van der Waals surface area (Å²) in [4.78, 5) is 41.8. The van der Waals surface area contributed by atoms with E-state index >= 15 is 0 Å². The zero-order valence-electron chi connectivity index (χ0n) is 21.1. The van der Waals surface area contributed by atoms with E-state index in [-0.39, 0.29) is 26.0 Å². The predicted molar refractivity (Wildman–Crippen MR) is 134 cm³/mol. The smallest absolute Gasteiger partial charge is 0.308 e. The van der Waals surface area contributed by atoms with Crippen LogP contribution in [0.1, 0.15) is 32.3 Å². The molecular weight excluding hydrogens is 476 g/mol. The van der Waals surface area contributed by atoms with Crippen molar-refractivity contribution in [3.63, 3.8) is 0 Å². The molecule has 194 valence electrons. The standard InChI is InChI=1S/C28H30N2O7/c1-5-6-12-23(31)37-28(25(32)29-17-19-10-8-7-9-11-19)24(22-18-35-27(2,3)36-22)30(26(28)33)20-13-15-21(34-4)16-14-20/h1,7-11,13-16,22,24H,6,12,17-18H2,2-4H3,(H,29,32)/t22-,24+,28+/m1/s1. The highest BCUT2D eigenvalue weighted by Crippen LogP contribution is 2.44. The van der Waals surface area contributed by atoms with Gasteiger partial charge in [-0.15, -0.1) is 12.3 Å². The van der Waals surface area contributed by atoms with Gasteiger partial charge in [-0.25, -0.2) is 0 Å². The number of anilines is 1. The van der Waals surface area contributed by atoms with Crippen LogP contribution in [-0.2, 0) is 35.1 Å². The lowest BCUT2D eigenvalue weighted by atomic mass is 9.76. The molecule has 0 aromatic heterocycles. The normalized spacial score (nSPS) is 24.1. The zero-order chi connectivity index (χ0) is 26.6. The summed E-state index contributed by atoms with van der Waals surface area (Å²) in [5, 5.41) is 2.78. The number of esters is 1. The van der Waals surface area contributed by atoms with Crippen LogP contribution in [0.15, 0.2) is 54.6 Å². The molecule has 9 nitrogen and oxygen atoms in total. The zero-order valence-corrected chi connectivity index (χ0v) is 21.1. The Bertz CT molecular complexity index is 1190. The summed E-state index contributed by atoms with van der Waals surface area (Å²) in [6.07, 6.45) is 4.52. The molecule has 2 amide bonds. The predicted octanol–water partition coefficient (Wildman–Crippen LogP) is 2.57. The van der Waals surface area contributed by atoms with Crippen molar-refractivity contribution in [2.45, 2.75) is 56.8 Å². The second kappa shape index (κ2) is 10.6. The number of amides is 2. The van der Waals surface area contributed by atoms with Crippen molar-refractivity contribution in [2.75, 3.05) is 18.6 Å².